The molecule has 2 amide bonds. The monoisotopic (exact) mass is 409 g/mol. The first-order chi connectivity index (χ1) is 14.6. The van der Waals surface area contributed by atoms with Crippen LogP contribution in [0.25, 0.3) is 5.65 Å². The number of rotatable bonds is 3. The van der Waals surface area contributed by atoms with Crippen molar-refractivity contribution in [1.82, 2.24) is 24.4 Å². The summed E-state index contributed by atoms with van der Waals surface area (Å²) in [6.45, 7) is 2.55. The zero-order valence-electron chi connectivity index (χ0n) is 17.1. The lowest BCUT2D eigenvalue weighted by Gasteiger charge is -2.32. The Morgan fingerprint density at radius 2 is 1.73 bits per heavy atom. The number of amides is 2. The number of hydrogen-bond donors (Lipinski definition) is 1. The van der Waals surface area contributed by atoms with Gasteiger partial charge in [0.15, 0.2) is 5.65 Å². The van der Waals surface area contributed by atoms with Crippen molar-refractivity contribution in [3.8, 4) is 0 Å². The van der Waals surface area contributed by atoms with Crippen LogP contribution in [0.5, 0.6) is 0 Å². The zero-order chi connectivity index (χ0) is 20.4. The minimum Gasteiger partial charge on any atom is -0.342 e. The second kappa shape index (κ2) is 6.68. The number of hydrogen-bond acceptors (Lipinski definition) is 4. The number of aromatic amines is 1. The topological polar surface area (TPSA) is 90.8 Å². The predicted octanol–water partition coefficient (Wildman–Crippen LogP) is 1.43. The van der Waals surface area contributed by atoms with E-state index in [2.05, 4.69) is 5.10 Å². The Morgan fingerprint density at radius 1 is 1.00 bits per heavy atom. The van der Waals surface area contributed by atoms with Gasteiger partial charge in [0.1, 0.15) is 0 Å². The van der Waals surface area contributed by atoms with Gasteiger partial charge in [-0.15, -0.1) is 0 Å². The van der Waals surface area contributed by atoms with E-state index in [1.807, 2.05) is 15.9 Å². The summed E-state index contributed by atoms with van der Waals surface area (Å²) in [5.74, 6) is 1.08. The fraction of sp³-hybridized carbons (Fsp3) is 0.636. The highest BCUT2D eigenvalue weighted by atomic mass is 16.2. The second-order valence-electron chi connectivity index (χ2n) is 9.43. The van der Waals surface area contributed by atoms with Crippen LogP contribution in [0.2, 0.25) is 0 Å². The second-order valence-corrected chi connectivity index (χ2v) is 9.43. The number of fused-ring (bicyclic) bond motifs is 2. The van der Waals surface area contributed by atoms with Gasteiger partial charge in [-0.3, -0.25) is 19.5 Å². The third-order valence-electron chi connectivity index (χ3n) is 7.12. The number of nitrogens with zero attached hydrogens (tertiary/aromatic N) is 4. The van der Waals surface area contributed by atoms with Crippen LogP contribution in [0.15, 0.2) is 10.9 Å². The Kier molecular flexibility index (Phi) is 4.05. The molecule has 8 heteroatoms. The molecule has 2 aliphatic heterocycles. The van der Waals surface area contributed by atoms with Crippen molar-refractivity contribution in [3.05, 3.63) is 33.4 Å². The fourth-order valence-corrected chi connectivity index (χ4v) is 5.01. The Morgan fingerprint density at radius 3 is 2.47 bits per heavy atom. The van der Waals surface area contributed by atoms with Gasteiger partial charge in [0, 0.05) is 55.6 Å². The molecular weight excluding hydrogens is 382 g/mol. The van der Waals surface area contributed by atoms with Crippen molar-refractivity contribution in [2.75, 3.05) is 19.6 Å². The fourth-order valence-electron chi connectivity index (χ4n) is 5.01. The summed E-state index contributed by atoms with van der Waals surface area (Å²) in [4.78, 5) is 46.7. The summed E-state index contributed by atoms with van der Waals surface area (Å²) in [5, 5.41) is 3.27. The van der Waals surface area contributed by atoms with E-state index in [9.17, 15) is 14.4 Å². The van der Waals surface area contributed by atoms with E-state index < -0.39 is 0 Å². The van der Waals surface area contributed by atoms with Crippen LogP contribution >= 0.6 is 0 Å². The molecule has 2 saturated carbocycles. The predicted molar refractivity (Wildman–Crippen MR) is 109 cm³/mol. The average molecular weight is 409 g/mol. The molecule has 2 aromatic rings. The molecule has 4 aliphatic rings. The molecule has 0 radical (unpaired) electrons. The summed E-state index contributed by atoms with van der Waals surface area (Å²) in [6, 6.07) is 1.97. The van der Waals surface area contributed by atoms with Gasteiger partial charge in [-0.05, 0) is 38.5 Å². The Labute approximate surface area is 174 Å². The van der Waals surface area contributed by atoms with Crippen molar-refractivity contribution < 1.29 is 9.59 Å². The summed E-state index contributed by atoms with van der Waals surface area (Å²) in [7, 11) is 0. The van der Waals surface area contributed by atoms with E-state index in [1.165, 1.54) is 4.52 Å². The molecule has 1 saturated heterocycles. The van der Waals surface area contributed by atoms with Crippen LogP contribution in [-0.2, 0) is 22.6 Å². The third kappa shape index (κ3) is 3.04. The summed E-state index contributed by atoms with van der Waals surface area (Å²) < 4.78 is 1.53. The van der Waals surface area contributed by atoms with E-state index in [-0.39, 0.29) is 29.2 Å². The van der Waals surface area contributed by atoms with Gasteiger partial charge >= 0.3 is 0 Å². The normalized spacial score (nSPS) is 24.2. The van der Waals surface area contributed by atoms with E-state index in [4.69, 9.17) is 4.98 Å². The van der Waals surface area contributed by atoms with Crippen molar-refractivity contribution in [1.29, 1.82) is 0 Å². The van der Waals surface area contributed by atoms with Crippen molar-refractivity contribution >= 4 is 17.5 Å². The number of likely N-dealkylation sites (tertiary alicyclic amines) is 1. The Balaban J connectivity index is 1.28. The first-order valence-electron chi connectivity index (χ1n) is 11.3. The van der Waals surface area contributed by atoms with Crippen LogP contribution < -0.4 is 5.56 Å². The van der Waals surface area contributed by atoms with Gasteiger partial charge in [-0.2, -0.15) is 0 Å². The number of aromatic nitrogens is 3. The average Bonchev–Trinajstić information content (AvgIpc) is 3.69. The molecule has 2 aliphatic carbocycles. The van der Waals surface area contributed by atoms with Gasteiger partial charge in [0.05, 0.1) is 17.8 Å². The van der Waals surface area contributed by atoms with Crippen LogP contribution in [0.3, 0.4) is 0 Å². The van der Waals surface area contributed by atoms with E-state index >= 15 is 0 Å². The van der Waals surface area contributed by atoms with Crippen molar-refractivity contribution in [3.63, 3.8) is 0 Å². The molecule has 1 unspecified atom stereocenters. The molecule has 4 heterocycles. The quantitative estimate of drug-likeness (QED) is 0.830. The van der Waals surface area contributed by atoms with Gasteiger partial charge in [-0.1, -0.05) is 0 Å². The van der Waals surface area contributed by atoms with E-state index in [0.717, 1.165) is 56.5 Å². The van der Waals surface area contributed by atoms with E-state index in [1.54, 1.807) is 0 Å². The van der Waals surface area contributed by atoms with Gasteiger partial charge in [0.2, 0.25) is 11.8 Å². The summed E-state index contributed by atoms with van der Waals surface area (Å²) in [6.07, 6.45) is 6.61. The lowest BCUT2D eigenvalue weighted by molar-refractivity contribution is -0.134. The molecule has 0 aromatic carbocycles. The number of carbonyl (C=O) groups is 2. The summed E-state index contributed by atoms with van der Waals surface area (Å²) in [5.41, 5.74) is 2.97. The van der Waals surface area contributed by atoms with Gasteiger partial charge < -0.3 is 9.80 Å². The molecule has 6 rings (SSSR count). The zero-order valence-corrected chi connectivity index (χ0v) is 17.1. The molecule has 3 fully saturated rings. The van der Waals surface area contributed by atoms with E-state index in [0.29, 0.717) is 43.2 Å². The van der Waals surface area contributed by atoms with Crippen LogP contribution in [0, 0.1) is 11.8 Å². The lowest BCUT2D eigenvalue weighted by Crippen LogP contribution is -2.41. The SMILES string of the molecule is O=C(C1CC1)N1CCc2nc3cc(C4CCCN(C(=O)C5CC5)C4)[nH]n3c(=O)c2C1. The molecule has 0 bridgehead atoms. The summed E-state index contributed by atoms with van der Waals surface area (Å²) >= 11 is 0. The first-order valence-corrected chi connectivity index (χ1v) is 11.3. The van der Waals surface area contributed by atoms with Crippen LogP contribution in [0.1, 0.15) is 61.4 Å². The van der Waals surface area contributed by atoms with Crippen LogP contribution in [0.4, 0.5) is 0 Å². The maximum Gasteiger partial charge on any atom is 0.277 e. The highest BCUT2D eigenvalue weighted by Crippen LogP contribution is 2.35. The van der Waals surface area contributed by atoms with Crippen molar-refractivity contribution in [2.24, 2.45) is 11.8 Å². The van der Waals surface area contributed by atoms with Crippen LogP contribution in [-0.4, -0.2) is 55.8 Å². The molecule has 1 atom stereocenters. The lowest BCUT2D eigenvalue weighted by atomic mass is 9.94. The van der Waals surface area contributed by atoms with Crippen molar-refractivity contribution in [2.45, 2.75) is 57.4 Å². The number of carbonyl (C=O) groups excluding carboxylic acids is 2. The first kappa shape index (κ1) is 18.2. The molecular formula is C22H27N5O3. The highest BCUT2D eigenvalue weighted by Gasteiger charge is 2.37. The number of piperidine rings is 1. The molecule has 8 nitrogen and oxygen atoms in total. The largest absolute Gasteiger partial charge is 0.342 e. The molecule has 158 valence electrons. The maximum atomic E-state index is 13.2. The highest BCUT2D eigenvalue weighted by molar-refractivity contribution is 5.81. The molecule has 30 heavy (non-hydrogen) atoms. The minimum atomic E-state index is -0.101. The maximum absolute atomic E-state index is 13.2. The standard InChI is InChI=1S/C22H27N5O3/c28-20(13-3-4-13)25-8-1-2-15(11-25)18-10-19-23-17-7-9-26(21(29)14-5-6-14)12-16(17)22(30)27(19)24-18/h10,13-15,24H,1-9,11-12H2. The Hall–Kier alpha value is -2.64. The smallest absolute Gasteiger partial charge is 0.277 e. The molecule has 1 N–H and O–H groups in total. The Bertz CT molecular complexity index is 1090. The van der Waals surface area contributed by atoms with Gasteiger partial charge in [0.25, 0.3) is 5.56 Å². The minimum absolute atomic E-state index is 0.101. The number of nitrogens with one attached hydrogen (secondary N) is 1. The third-order valence-corrected chi connectivity index (χ3v) is 7.12. The number of H-pyrrole nitrogens is 1. The van der Waals surface area contributed by atoms with Gasteiger partial charge in [-0.25, -0.2) is 9.50 Å². The molecule has 0 spiro atoms. The molecule has 2 aromatic heterocycles.